The number of nitrogens with two attached hydrogens (primary N) is 2. The van der Waals surface area contributed by atoms with Crippen molar-refractivity contribution in [1.29, 1.82) is 0 Å². The number of aliphatic hydroxyl groups excluding tert-OH is 2. The van der Waals surface area contributed by atoms with Crippen molar-refractivity contribution in [3.8, 4) is 11.5 Å². The summed E-state index contributed by atoms with van der Waals surface area (Å²) >= 11 is 0. The third-order valence-electron chi connectivity index (χ3n) is 8.87. The predicted molar refractivity (Wildman–Crippen MR) is 212 cm³/mol. The predicted octanol–water partition coefficient (Wildman–Crippen LogP) is 2.42. The number of imidazole rings is 2. The number of aromatic nitrogens is 8. The number of nitrogens with one attached hydrogen (secondary N) is 3. The lowest BCUT2D eigenvalue weighted by Crippen LogP contribution is -2.20. The van der Waals surface area contributed by atoms with Crippen LogP contribution in [0.4, 0.5) is 11.9 Å². The summed E-state index contributed by atoms with van der Waals surface area (Å²) in [6, 6.07) is 9.18. The Morgan fingerprint density at radius 3 is 1.74 bits per heavy atom. The quantitative estimate of drug-likeness (QED) is 0.0460. The Hall–Kier alpha value is -7.06. The first-order valence-electron chi connectivity index (χ1n) is 18.4. The van der Waals surface area contributed by atoms with Gasteiger partial charge in [-0.15, -0.1) is 0 Å². The number of nitrogens with zero attached hydrogens (tertiary/aromatic N) is 7. The van der Waals surface area contributed by atoms with E-state index >= 15 is 0 Å². The van der Waals surface area contributed by atoms with Crippen LogP contribution < -0.4 is 31.6 Å². The van der Waals surface area contributed by atoms with Crippen LogP contribution in [0.3, 0.4) is 0 Å². The molecule has 0 aliphatic carbocycles. The lowest BCUT2D eigenvalue weighted by molar-refractivity contribution is 0.0991. The number of hydrogen-bond donors (Lipinski definition) is 7. The molecule has 0 saturated carbocycles. The second-order valence-corrected chi connectivity index (χ2v) is 13.2. The molecule has 0 radical (unpaired) electrons. The molecule has 2 aromatic carbocycles. The molecule has 0 saturated heterocycles. The summed E-state index contributed by atoms with van der Waals surface area (Å²) in [4.78, 5) is 60.8. The number of carbonyl (C=O) groups excluding carboxylic acids is 4. The number of allylic oxidation sites excluding steroid dienone is 2. The number of aromatic amines is 1. The van der Waals surface area contributed by atoms with Gasteiger partial charge in [-0.25, -0.2) is 9.97 Å². The number of aryl methyl sites for hydroxylation is 3. The first-order chi connectivity index (χ1) is 27.9. The average molecular weight is 797 g/mol. The molecule has 4 aromatic heterocycles. The van der Waals surface area contributed by atoms with Gasteiger partial charge in [0.05, 0.1) is 29.9 Å². The number of fused-ring (bicyclic) bond motifs is 2. The average Bonchev–Trinajstić information content (AvgIpc) is 3.97. The summed E-state index contributed by atoms with van der Waals surface area (Å²) in [5.74, 6) is -1.69. The Balaban J connectivity index is 1.42. The maximum atomic E-state index is 13.7. The summed E-state index contributed by atoms with van der Waals surface area (Å²) in [6.07, 6.45) is 4.19. The van der Waals surface area contributed by atoms with Crippen molar-refractivity contribution in [1.82, 2.24) is 39.1 Å². The van der Waals surface area contributed by atoms with Crippen LogP contribution in [0.25, 0.3) is 22.1 Å². The third-order valence-corrected chi connectivity index (χ3v) is 8.87. The van der Waals surface area contributed by atoms with E-state index in [1.54, 1.807) is 51.9 Å². The number of amides is 4. The fraction of sp³-hybridized carbons (Fsp3) is 0.316. The van der Waals surface area contributed by atoms with Gasteiger partial charge in [-0.1, -0.05) is 12.2 Å². The van der Waals surface area contributed by atoms with Gasteiger partial charge in [0.25, 0.3) is 11.8 Å². The zero-order valence-corrected chi connectivity index (χ0v) is 32.1. The lowest BCUT2D eigenvalue weighted by Gasteiger charge is -2.13. The maximum Gasteiger partial charge on any atom is 0.278 e. The van der Waals surface area contributed by atoms with Crippen LogP contribution in [0.2, 0.25) is 0 Å². The lowest BCUT2D eigenvalue weighted by atomic mass is 10.1. The molecule has 304 valence electrons. The highest BCUT2D eigenvalue weighted by Gasteiger charge is 2.23. The van der Waals surface area contributed by atoms with Crippen LogP contribution in [-0.4, -0.2) is 99.3 Å². The molecular weight excluding hydrogens is 752 g/mol. The van der Waals surface area contributed by atoms with E-state index in [1.165, 1.54) is 24.3 Å². The summed E-state index contributed by atoms with van der Waals surface area (Å²) in [6.45, 7) is 6.04. The molecule has 0 fully saturated rings. The highest BCUT2D eigenvalue weighted by atomic mass is 16.5. The molecule has 0 unspecified atom stereocenters. The molecule has 4 amide bonds. The summed E-state index contributed by atoms with van der Waals surface area (Å²) in [5.41, 5.74) is 14.8. The standard InChI is InChI=1S/C38H44N12O8/c1-4-50-28(16-22(3)47-50)36(56)44-38-42-26-18-24(34(40)54)20-30(58-14-8-12-52)32(26)49(38)10-6-5-9-48-31-25(17-23(33(39)53)19-29(31)57-13-7-11-51)41-37(48)43-35(55)27-15-21(2)45-46-27/h5-6,15-20,51-52H,4,7-14H2,1-3H3,(H2,39,53)(H2,40,54)(H,45,46)(H,41,43,55)(H,42,44,56)/b6-5+. The molecule has 6 aromatic rings. The molecule has 20 heteroatoms. The van der Waals surface area contributed by atoms with Gasteiger partial charge >= 0.3 is 0 Å². The number of carbonyl (C=O) groups is 4. The van der Waals surface area contributed by atoms with Crippen LogP contribution in [0.15, 0.2) is 48.6 Å². The van der Waals surface area contributed by atoms with Crippen LogP contribution in [0.5, 0.6) is 11.5 Å². The zero-order valence-electron chi connectivity index (χ0n) is 32.1. The van der Waals surface area contributed by atoms with Gasteiger partial charge in [0.1, 0.15) is 28.2 Å². The maximum absolute atomic E-state index is 13.7. The Labute approximate surface area is 330 Å². The topological polar surface area (TPSA) is 285 Å². The summed E-state index contributed by atoms with van der Waals surface area (Å²) in [7, 11) is 0. The minimum absolute atomic E-state index is 0.104. The molecule has 0 aliphatic rings. The number of rotatable bonds is 19. The Bertz CT molecular complexity index is 2530. The van der Waals surface area contributed by atoms with E-state index in [1.807, 2.05) is 6.92 Å². The Kier molecular flexibility index (Phi) is 12.5. The normalized spacial score (nSPS) is 11.5. The molecule has 0 aliphatic heterocycles. The fourth-order valence-corrected chi connectivity index (χ4v) is 6.20. The van der Waals surface area contributed by atoms with E-state index in [-0.39, 0.29) is 79.7 Å². The van der Waals surface area contributed by atoms with E-state index in [2.05, 4.69) is 35.9 Å². The van der Waals surface area contributed by atoms with Crippen LogP contribution in [0, 0.1) is 13.8 Å². The van der Waals surface area contributed by atoms with Crippen molar-refractivity contribution in [3.05, 3.63) is 82.5 Å². The minimum Gasteiger partial charge on any atom is -0.491 e. The molecular formula is C38H44N12O8. The highest BCUT2D eigenvalue weighted by molar-refractivity contribution is 6.05. The van der Waals surface area contributed by atoms with Crippen LogP contribution in [0.1, 0.15) is 72.8 Å². The van der Waals surface area contributed by atoms with E-state index in [9.17, 15) is 29.4 Å². The van der Waals surface area contributed by atoms with Gasteiger partial charge in [-0.3, -0.25) is 39.6 Å². The number of hydrogen-bond acceptors (Lipinski definition) is 12. The second-order valence-electron chi connectivity index (χ2n) is 13.2. The van der Waals surface area contributed by atoms with Crippen molar-refractivity contribution < 1.29 is 38.9 Å². The fourth-order valence-electron chi connectivity index (χ4n) is 6.20. The van der Waals surface area contributed by atoms with Crippen molar-refractivity contribution in [3.63, 3.8) is 0 Å². The third kappa shape index (κ3) is 8.82. The van der Waals surface area contributed by atoms with Crippen molar-refractivity contribution >= 4 is 57.6 Å². The monoisotopic (exact) mass is 796 g/mol. The van der Waals surface area contributed by atoms with Gasteiger partial charge in [0, 0.05) is 62.5 Å². The van der Waals surface area contributed by atoms with Gasteiger partial charge < -0.3 is 40.3 Å². The molecule has 0 atom stereocenters. The van der Waals surface area contributed by atoms with Gasteiger partial charge in [-0.05, 0) is 57.2 Å². The van der Waals surface area contributed by atoms with Gasteiger partial charge in [0.15, 0.2) is 5.69 Å². The van der Waals surface area contributed by atoms with E-state index in [0.29, 0.717) is 58.5 Å². The molecule has 0 bridgehead atoms. The number of primary amides is 2. The van der Waals surface area contributed by atoms with E-state index < -0.39 is 23.6 Å². The SMILES string of the molecule is CCn1nc(C)cc1C(=O)Nc1nc2cc(C(N)=O)cc(OCCCO)c2n1C/C=C/Cn1c(NC(=O)c2cc(C)[nH]n2)nc2cc(C(N)=O)cc(OCCCO)c21. The number of anilines is 2. The van der Waals surface area contributed by atoms with Crippen molar-refractivity contribution in [2.75, 3.05) is 37.1 Å². The number of benzene rings is 2. The largest absolute Gasteiger partial charge is 0.491 e. The van der Waals surface area contributed by atoms with Crippen molar-refractivity contribution in [2.24, 2.45) is 11.5 Å². The zero-order chi connectivity index (χ0) is 41.5. The highest BCUT2D eigenvalue weighted by Crippen LogP contribution is 2.33. The molecule has 0 spiro atoms. The van der Waals surface area contributed by atoms with Gasteiger partial charge in [-0.2, -0.15) is 10.2 Å². The molecule has 58 heavy (non-hydrogen) atoms. The molecule has 4 heterocycles. The van der Waals surface area contributed by atoms with Crippen molar-refractivity contribution in [2.45, 2.75) is 53.2 Å². The Morgan fingerprint density at radius 1 is 0.776 bits per heavy atom. The van der Waals surface area contributed by atoms with Crippen LogP contribution in [-0.2, 0) is 19.6 Å². The van der Waals surface area contributed by atoms with Crippen LogP contribution >= 0.6 is 0 Å². The van der Waals surface area contributed by atoms with Gasteiger partial charge in [0.2, 0.25) is 23.7 Å². The Morgan fingerprint density at radius 2 is 1.29 bits per heavy atom. The number of H-pyrrole nitrogens is 1. The molecule has 6 rings (SSSR count). The first-order valence-corrected chi connectivity index (χ1v) is 18.4. The molecule has 20 nitrogen and oxygen atoms in total. The smallest absolute Gasteiger partial charge is 0.278 e. The van der Waals surface area contributed by atoms with E-state index in [4.69, 9.17) is 20.9 Å². The van der Waals surface area contributed by atoms with E-state index in [0.717, 1.165) is 0 Å². The second kappa shape index (κ2) is 17.8. The summed E-state index contributed by atoms with van der Waals surface area (Å²) in [5, 5.41) is 35.7. The minimum atomic E-state index is -0.715. The number of aliphatic hydroxyl groups is 2. The summed E-state index contributed by atoms with van der Waals surface area (Å²) < 4.78 is 16.9. The molecule has 9 N–H and O–H groups in total. The number of ether oxygens (including phenoxy) is 2. The first kappa shape index (κ1) is 40.6.